The second-order valence-corrected chi connectivity index (χ2v) is 4.03. The van der Waals surface area contributed by atoms with Crippen molar-refractivity contribution in [3.8, 4) is 0 Å². The average molecular weight is 212 g/mol. The standard InChI is InChI=1S/C10H16N2O3/c1-8-5-11-9(13)10(15-8)6-12(7-10)3-4-14-2/h5H,3-4,6-7H2,1-2H3,(H,11,13). The van der Waals surface area contributed by atoms with E-state index in [-0.39, 0.29) is 5.91 Å². The molecule has 5 heteroatoms. The quantitative estimate of drug-likeness (QED) is 0.697. The van der Waals surface area contributed by atoms with Gasteiger partial charge in [0.05, 0.1) is 6.61 Å². The van der Waals surface area contributed by atoms with Crippen LogP contribution in [0.2, 0.25) is 0 Å². The van der Waals surface area contributed by atoms with Crippen molar-refractivity contribution in [2.75, 3.05) is 33.4 Å². The lowest BCUT2D eigenvalue weighted by atomic mass is 9.92. The number of nitrogens with one attached hydrogen (secondary N) is 1. The smallest absolute Gasteiger partial charge is 0.270 e. The normalized spacial score (nSPS) is 24.1. The molecule has 5 nitrogen and oxygen atoms in total. The molecule has 1 saturated heterocycles. The molecule has 2 aliphatic rings. The lowest BCUT2D eigenvalue weighted by Gasteiger charge is -2.49. The Kier molecular flexibility index (Phi) is 2.67. The fourth-order valence-electron chi connectivity index (χ4n) is 1.95. The number of carbonyl (C=O) groups is 1. The molecule has 0 aliphatic carbocycles. The first-order chi connectivity index (χ1) is 7.16. The van der Waals surface area contributed by atoms with Gasteiger partial charge in [0.25, 0.3) is 5.91 Å². The van der Waals surface area contributed by atoms with E-state index in [1.165, 1.54) is 0 Å². The molecule has 0 aromatic carbocycles. The van der Waals surface area contributed by atoms with Crippen LogP contribution in [0.3, 0.4) is 0 Å². The van der Waals surface area contributed by atoms with Gasteiger partial charge in [-0.2, -0.15) is 0 Å². The Balaban J connectivity index is 1.90. The highest BCUT2D eigenvalue weighted by Crippen LogP contribution is 2.29. The number of ether oxygens (including phenoxy) is 2. The van der Waals surface area contributed by atoms with Crippen LogP contribution in [0.5, 0.6) is 0 Å². The molecule has 1 amide bonds. The van der Waals surface area contributed by atoms with Crippen molar-refractivity contribution in [1.82, 2.24) is 10.2 Å². The maximum Gasteiger partial charge on any atom is 0.270 e. The summed E-state index contributed by atoms with van der Waals surface area (Å²) >= 11 is 0. The van der Waals surface area contributed by atoms with E-state index in [1.807, 2.05) is 6.92 Å². The van der Waals surface area contributed by atoms with E-state index in [4.69, 9.17) is 9.47 Å². The summed E-state index contributed by atoms with van der Waals surface area (Å²) in [5.41, 5.74) is -0.646. The first-order valence-corrected chi connectivity index (χ1v) is 5.04. The zero-order chi connectivity index (χ0) is 10.9. The molecule has 1 N–H and O–H groups in total. The predicted molar refractivity (Wildman–Crippen MR) is 54.0 cm³/mol. The summed E-state index contributed by atoms with van der Waals surface area (Å²) in [6, 6.07) is 0. The lowest BCUT2D eigenvalue weighted by molar-refractivity contribution is -0.167. The molecule has 0 aromatic rings. The van der Waals surface area contributed by atoms with E-state index in [2.05, 4.69) is 10.2 Å². The van der Waals surface area contributed by atoms with Crippen molar-refractivity contribution in [3.63, 3.8) is 0 Å². The Bertz CT molecular complexity index is 295. The fourth-order valence-corrected chi connectivity index (χ4v) is 1.95. The van der Waals surface area contributed by atoms with Crippen LogP contribution in [0.25, 0.3) is 0 Å². The maximum absolute atomic E-state index is 11.6. The van der Waals surface area contributed by atoms with Crippen LogP contribution >= 0.6 is 0 Å². The number of nitrogens with zero attached hydrogens (tertiary/aromatic N) is 1. The van der Waals surface area contributed by atoms with Crippen LogP contribution in [-0.2, 0) is 14.3 Å². The Morgan fingerprint density at radius 2 is 2.40 bits per heavy atom. The molecular formula is C10H16N2O3. The average Bonchev–Trinajstić information content (AvgIpc) is 2.16. The molecule has 0 bridgehead atoms. The number of methoxy groups -OCH3 is 1. The van der Waals surface area contributed by atoms with E-state index in [0.29, 0.717) is 19.7 Å². The summed E-state index contributed by atoms with van der Waals surface area (Å²) < 4.78 is 10.6. The van der Waals surface area contributed by atoms with Crippen LogP contribution in [0.15, 0.2) is 12.0 Å². The van der Waals surface area contributed by atoms with E-state index >= 15 is 0 Å². The molecule has 15 heavy (non-hydrogen) atoms. The summed E-state index contributed by atoms with van der Waals surface area (Å²) in [7, 11) is 1.67. The van der Waals surface area contributed by atoms with Gasteiger partial charge in [0.2, 0.25) is 5.60 Å². The third kappa shape index (κ3) is 1.85. The molecule has 2 heterocycles. The highest BCUT2D eigenvalue weighted by molar-refractivity contribution is 5.88. The van der Waals surface area contributed by atoms with E-state index < -0.39 is 5.60 Å². The summed E-state index contributed by atoms with van der Waals surface area (Å²) in [5, 5.41) is 2.72. The third-order valence-corrected chi connectivity index (χ3v) is 2.75. The van der Waals surface area contributed by atoms with E-state index in [1.54, 1.807) is 13.3 Å². The highest BCUT2D eigenvalue weighted by Gasteiger charge is 2.52. The second-order valence-electron chi connectivity index (χ2n) is 4.03. The van der Waals surface area contributed by atoms with Gasteiger partial charge in [-0.25, -0.2) is 0 Å². The van der Waals surface area contributed by atoms with Gasteiger partial charge in [-0.05, 0) is 6.92 Å². The van der Waals surface area contributed by atoms with Crippen molar-refractivity contribution in [1.29, 1.82) is 0 Å². The predicted octanol–water partition coefficient (Wildman–Crippen LogP) is -0.305. The largest absolute Gasteiger partial charge is 0.478 e. The number of rotatable bonds is 3. The molecule has 0 unspecified atom stereocenters. The van der Waals surface area contributed by atoms with Gasteiger partial charge in [0, 0.05) is 32.9 Å². The molecule has 1 spiro atoms. The zero-order valence-electron chi connectivity index (χ0n) is 9.08. The number of carbonyl (C=O) groups excluding carboxylic acids is 1. The monoisotopic (exact) mass is 212 g/mol. The molecule has 0 aromatic heterocycles. The first-order valence-electron chi connectivity index (χ1n) is 5.04. The van der Waals surface area contributed by atoms with Gasteiger partial charge in [-0.15, -0.1) is 0 Å². The van der Waals surface area contributed by atoms with Gasteiger partial charge >= 0.3 is 0 Å². The fraction of sp³-hybridized carbons (Fsp3) is 0.700. The van der Waals surface area contributed by atoms with Crippen LogP contribution in [-0.4, -0.2) is 49.8 Å². The molecule has 2 rings (SSSR count). The molecule has 1 fully saturated rings. The Hall–Kier alpha value is -1.07. The Morgan fingerprint density at radius 1 is 1.67 bits per heavy atom. The SMILES string of the molecule is COCCN1CC2(C1)OC(C)=CNC2=O. The van der Waals surface area contributed by atoms with Crippen molar-refractivity contribution in [2.45, 2.75) is 12.5 Å². The first kappa shape index (κ1) is 10.4. The summed E-state index contributed by atoms with van der Waals surface area (Å²) in [5.74, 6) is 0.725. The number of amides is 1. The number of hydrogen-bond donors (Lipinski definition) is 1. The summed E-state index contributed by atoms with van der Waals surface area (Å²) in [6.45, 7) is 4.67. The molecule has 0 atom stereocenters. The van der Waals surface area contributed by atoms with Crippen LogP contribution < -0.4 is 5.32 Å². The molecule has 0 radical (unpaired) electrons. The molecule has 84 valence electrons. The van der Waals surface area contributed by atoms with Gasteiger partial charge < -0.3 is 14.8 Å². The van der Waals surface area contributed by atoms with Crippen molar-refractivity contribution < 1.29 is 14.3 Å². The van der Waals surface area contributed by atoms with Gasteiger partial charge in [-0.3, -0.25) is 9.69 Å². The van der Waals surface area contributed by atoms with Crippen molar-refractivity contribution in [3.05, 3.63) is 12.0 Å². The maximum atomic E-state index is 11.6. The van der Waals surface area contributed by atoms with E-state index in [9.17, 15) is 4.79 Å². The topological polar surface area (TPSA) is 50.8 Å². The number of hydrogen-bond acceptors (Lipinski definition) is 4. The lowest BCUT2D eigenvalue weighted by Crippen LogP contribution is -2.70. The Labute approximate surface area is 89.0 Å². The minimum absolute atomic E-state index is 0.0400. The van der Waals surface area contributed by atoms with Crippen LogP contribution in [0.4, 0.5) is 0 Å². The Morgan fingerprint density at radius 3 is 3.07 bits per heavy atom. The van der Waals surface area contributed by atoms with E-state index in [0.717, 1.165) is 12.3 Å². The molecular weight excluding hydrogens is 196 g/mol. The number of allylic oxidation sites excluding steroid dienone is 1. The van der Waals surface area contributed by atoms with Gasteiger partial charge in [-0.1, -0.05) is 0 Å². The summed E-state index contributed by atoms with van der Waals surface area (Å²) in [4.78, 5) is 13.8. The third-order valence-electron chi connectivity index (χ3n) is 2.75. The zero-order valence-corrected chi connectivity index (χ0v) is 9.08. The van der Waals surface area contributed by atoms with Gasteiger partial charge in [0.1, 0.15) is 5.76 Å². The molecule has 0 saturated carbocycles. The van der Waals surface area contributed by atoms with Crippen molar-refractivity contribution in [2.24, 2.45) is 0 Å². The van der Waals surface area contributed by atoms with Crippen LogP contribution in [0, 0.1) is 0 Å². The minimum Gasteiger partial charge on any atom is -0.478 e. The van der Waals surface area contributed by atoms with Crippen molar-refractivity contribution >= 4 is 5.91 Å². The number of likely N-dealkylation sites (tertiary alicyclic amines) is 1. The van der Waals surface area contributed by atoms with Crippen LogP contribution in [0.1, 0.15) is 6.92 Å². The highest BCUT2D eigenvalue weighted by atomic mass is 16.5. The minimum atomic E-state index is -0.646. The summed E-state index contributed by atoms with van der Waals surface area (Å²) in [6.07, 6.45) is 1.60. The molecule has 2 aliphatic heterocycles. The van der Waals surface area contributed by atoms with Gasteiger partial charge in [0.15, 0.2) is 0 Å². The second kappa shape index (κ2) is 3.83.